The van der Waals surface area contributed by atoms with Crippen LogP contribution in [-0.4, -0.2) is 66.6 Å². The van der Waals surface area contributed by atoms with Gasteiger partial charge in [0.2, 0.25) is 11.8 Å². The minimum absolute atomic E-state index is 0.201. The zero-order valence-corrected chi connectivity index (χ0v) is 15.3. The number of hydrogen-bond donors (Lipinski definition) is 4. The third kappa shape index (κ3) is 8.26. The van der Waals surface area contributed by atoms with Gasteiger partial charge in [0.25, 0.3) is 5.91 Å². The van der Waals surface area contributed by atoms with Crippen molar-refractivity contribution in [1.82, 2.24) is 15.5 Å². The minimum Gasteiger partial charge on any atom is -0.382 e. The Hall–Kier alpha value is -1.67. The van der Waals surface area contributed by atoms with Gasteiger partial charge in [0.1, 0.15) is 12.1 Å². The molecule has 24 heavy (non-hydrogen) atoms. The lowest BCUT2D eigenvalue weighted by Crippen LogP contribution is -2.52. The van der Waals surface area contributed by atoms with Crippen LogP contribution in [0.5, 0.6) is 0 Å². The fourth-order valence-electron chi connectivity index (χ4n) is 2.21. The van der Waals surface area contributed by atoms with Crippen molar-refractivity contribution in [2.45, 2.75) is 58.2 Å². The standard InChI is InChI=1S/C16H32N4O4/c1-6-7-11(17)14(22)15(23)18-9-13(21)19-12(8-10(2)3)16(24)20(4)5/h10-12,14,22H,6-9,17H2,1-5H3,(H,18,23)(H,19,21)/t11-,12?,14?/m0/s1. The van der Waals surface area contributed by atoms with E-state index in [0.29, 0.717) is 12.8 Å². The van der Waals surface area contributed by atoms with Gasteiger partial charge in [-0.3, -0.25) is 14.4 Å². The number of nitrogens with one attached hydrogen (secondary N) is 2. The minimum atomic E-state index is -1.35. The van der Waals surface area contributed by atoms with E-state index in [1.807, 2.05) is 20.8 Å². The topological polar surface area (TPSA) is 125 Å². The van der Waals surface area contributed by atoms with Gasteiger partial charge in [0.15, 0.2) is 0 Å². The summed E-state index contributed by atoms with van der Waals surface area (Å²) in [5.41, 5.74) is 5.68. The molecule has 0 aromatic rings. The van der Waals surface area contributed by atoms with Crippen LogP contribution in [0.15, 0.2) is 0 Å². The monoisotopic (exact) mass is 344 g/mol. The second kappa shape index (κ2) is 11.0. The normalized spacial score (nSPS) is 14.7. The van der Waals surface area contributed by atoms with Crippen LogP contribution in [0.1, 0.15) is 40.0 Å². The molecule has 0 spiro atoms. The Bertz CT molecular complexity index is 426. The molecular weight excluding hydrogens is 312 g/mol. The number of carbonyl (C=O) groups excluding carboxylic acids is 3. The van der Waals surface area contributed by atoms with Gasteiger partial charge in [-0.25, -0.2) is 0 Å². The molecular formula is C16H32N4O4. The van der Waals surface area contributed by atoms with Crippen molar-refractivity contribution >= 4 is 17.7 Å². The van der Waals surface area contributed by atoms with E-state index in [2.05, 4.69) is 10.6 Å². The number of amides is 3. The molecule has 0 aliphatic heterocycles. The number of hydrogen-bond acceptors (Lipinski definition) is 5. The molecule has 0 aliphatic rings. The molecule has 0 aromatic carbocycles. The number of rotatable bonds is 10. The largest absolute Gasteiger partial charge is 0.382 e. The van der Waals surface area contributed by atoms with E-state index in [1.54, 1.807) is 14.1 Å². The number of nitrogens with zero attached hydrogens (tertiary/aromatic N) is 1. The van der Waals surface area contributed by atoms with Crippen molar-refractivity contribution in [3.8, 4) is 0 Å². The van der Waals surface area contributed by atoms with E-state index >= 15 is 0 Å². The highest BCUT2D eigenvalue weighted by Gasteiger charge is 2.25. The molecule has 0 aromatic heterocycles. The third-order valence-electron chi connectivity index (χ3n) is 3.50. The summed E-state index contributed by atoms with van der Waals surface area (Å²) in [5.74, 6) is -1.15. The first-order chi connectivity index (χ1) is 11.1. The molecule has 3 amide bonds. The van der Waals surface area contributed by atoms with Crippen LogP contribution in [0.2, 0.25) is 0 Å². The molecule has 0 fully saturated rings. The van der Waals surface area contributed by atoms with Crippen molar-refractivity contribution in [2.24, 2.45) is 11.7 Å². The first kappa shape index (κ1) is 22.3. The summed E-state index contributed by atoms with van der Waals surface area (Å²) in [6, 6.07) is -1.31. The van der Waals surface area contributed by atoms with Gasteiger partial charge in [0, 0.05) is 20.1 Å². The third-order valence-corrected chi connectivity index (χ3v) is 3.50. The second-order valence-corrected chi connectivity index (χ2v) is 6.60. The SMILES string of the molecule is CCC[C@H](N)C(O)C(=O)NCC(=O)NC(CC(C)C)C(=O)N(C)C. The first-order valence-corrected chi connectivity index (χ1v) is 8.31. The molecule has 0 radical (unpaired) electrons. The number of aliphatic hydroxyl groups excluding tert-OH is 1. The molecule has 8 nitrogen and oxygen atoms in total. The number of carbonyl (C=O) groups is 3. The van der Waals surface area contributed by atoms with Crippen molar-refractivity contribution < 1.29 is 19.5 Å². The summed E-state index contributed by atoms with van der Waals surface area (Å²) in [7, 11) is 3.24. The summed E-state index contributed by atoms with van der Waals surface area (Å²) >= 11 is 0. The zero-order chi connectivity index (χ0) is 18.9. The van der Waals surface area contributed by atoms with Crippen molar-refractivity contribution in [2.75, 3.05) is 20.6 Å². The van der Waals surface area contributed by atoms with Gasteiger partial charge < -0.3 is 26.4 Å². The fraction of sp³-hybridized carbons (Fsp3) is 0.812. The smallest absolute Gasteiger partial charge is 0.250 e. The first-order valence-electron chi connectivity index (χ1n) is 8.31. The van der Waals surface area contributed by atoms with Crippen LogP contribution in [0.25, 0.3) is 0 Å². The average molecular weight is 344 g/mol. The Morgan fingerprint density at radius 3 is 2.25 bits per heavy atom. The van der Waals surface area contributed by atoms with E-state index in [9.17, 15) is 19.5 Å². The lowest BCUT2D eigenvalue weighted by atomic mass is 10.0. The van der Waals surface area contributed by atoms with Gasteiger partial charge in [-0.1, -0.05) is 27.2 Å². The van der Waals surface area contributed by atoms with Crippen LogP contribution in [0.4, 0.5) is 0 Å². The lowest BCUT2D eigenvalue weighted by molar-refractivity contribution is -0.135. The van der Waals surface area contributed by atoms with E-state index < -0.39 is 30.0 Å². The molecule has 0 bridgehead atoms. The van der Waals surface area contributed by atoms with Gasteiger partial charge >= 0.3 is 0 Å². The molecule has 0 aliphatic carbocycles. The summed E-state index contributed by atoms with van der Waals surface area (Å²) in [4.78, 5) is 37.3. The number of likely N-dealkylation sites (N-methyl/N-ethyl adjacent to an activating group) is 1. The molecule has 5 N–H and O–H groups in total. The number of aliphatic hydroxyl groups is 1. The van der Waals surface area contributed by atoms with Crippen molar-refractivity contribution in [3.63, 3.8) is 0 Å². The molecule has 0 saturated carbocycles. The van der Waals surface area contributed by atoms with Crippen LogP contribution in [-0.2, 0) is 14.4 Å². The molecule has 140 valence electrons. The van der Waals surface area contributed by atoms with Crippen LogP contribution in [0.3, 0.4) is 0 Å². The maximum absolute atomic E-state index is 12.1. The van der Waals surface area contributed by atoms with Gasteiger partial charge in [-0.15, -0.1) is 0 Å². The van der Waals surface area contributed by atoms with Gasteiger partial charge in [-0.05, 0) is 18.8 Å². The summed E-state index contributed by atoms with van der Waals surface area (Å²) in [5, 5.41) is 14.7. The van der Waals surface area contributed by atoms with Gasteiger partial charge in [0.05, 0.1) is 6.54 Å². The summed E-state index contributed by atoms with van der Waals surface area (Å²) in [6.45, 7) is 5.49. The van der Waals surface area contributed by atoms with Crippen LogP contribution in [0, 0.1) is 5.92 Å². The van der Waals surface area contributed by atoms with Crippen molar-refractivity contribution in [1.29, 1.82) is 0 Å². The molecule has 0 rings (SSSR count). The summed E-state index contributed by atoms with van der Waals surface area (Å²) < 4.78 is 0. The van der Waals surface area contributed by atoms with Crippen LogP contribution >= 0.6 is 0 Å². The van der Waals surface area contributed by atoms with E-state index in [1.165, 1.54) is 4.90 Å². The maximum atomic E-state index is 12.1. The Morgan fingerprint density at radius 1 is 1.21 bits per heavy atom. The maximum Gasteiger partial charge on any atom is 0.250 e. The molecule has 3 atom stereocenters. The number of nitrogens with two attached hydrogens (primary N) is 1. The molecule has 2 unspecified atom stereocenters. The Balaban J connectivity index is 4.53. The fourth-order valence-corrected chi connectivity index (χ4v) is 2.21. The average Bonchev–Trinajstić information content (AvgIpc) is 2.50. The lowest BCUT2D eigenvalue weighted by Gasteiger charge is -2.23. The van der Waals surface area contributed by atoms with Gasteiger partial charge in [-0.2, -0.15) is 0 Å². The van der Waals surface area contributed by atoms with E-state index in [0.717, 1.165) is 6.42 Å². The predicted octanol–water partition coefficient (Wildman–Crippen LogP) is -0.790. The quantitative estimate of drug-likeness (QED) is 0.413. The summed E-state index contributed by atoms with van der Waals surface area (Å²) in [6.07, 6.45) is 0.401. The molecule has 0 heterocycles. The highest BCUT2D eigenvalue weighted by molar-refractivity contribution is 5.90. The highest BCUT2D eigenvalue weighted by Crippen LogP contribution is 2.06. The zero-order valence-electron chi connectivity index (χ0n) is 15.3. The van der Waals surface area contributed by atoms with Crippen LogP contribution < -0.4 is 16.4 Å². The van der Waals surface area contributed by atoms with E-state index in [4.69, 9.17) is 5.73 Å². The Kier molecular flexibility index (Phi) is 10.2. The highest BCUT2D eigenvalue weighted by atomic mass is 16.3. The second-order valence-electron chi connectivity index (χ2n) is 6.60. The molecule has 8 heteroatoms. The van der Waals surface area contributed by atoms with Crippen molar-refractivity contribution in [3.05, 3.63) is 0 Å². The van der Waals surface area contributed by atoms with E-state index in [-0.39, 0.29) is 18.4 Å². The Labute approximate surface area is 144 Å². The predicted molar refractivity (Wildman–Crippen MR) is 92.0 cm³/mol. The Morgan fingerprint density at radius 2 is 1.79 bits per heavy atom. The molecule has 0 saturated heterocycles.